The lowest BCUT2D eigenvalue weighted by molar-refractivity contribution is 0.0922. The van der Waals surface area contributed by atoms with Crippen molar-refractivity contribution >= 4 is 34.0 Å². The number of para-hydroxylation sites is 1. The zero-order valence-electron chi connectivity index (χ0n) is 18.3. The third-order valence-electron chi connectivity index (χ3n) is 6.41. The number of ketones is 1. The Balaban J connectivity index is 1.49. The van der Waals surface area contributed by atoms with E-state index in [4.69, 9.17) is 5.73 Å². The number of fused-ring (bicyclic) bond motifs is 1. The summed E-state index contributed by atoms with van der Waals surface area (Å²) in [5.41, 5.74) is 11.0. The van der Waals surface area contributed by atoms with Crippen LogP contribution in [0.3, 0.4) is 0 Å². The second-order valence-corrected chi connectivity index (χ2v) is 8.56. The Bertz CT molecular complexity index is 1320. The molecule has 5 heteroatoms. The summed E-state index contributed by atoms with van der Waals surface area (Å²) in [5, 5.41) is 4.14. The summed E-state index contributed by atoms with van der Waals surface area (Å²) in [6, 6.07) is 23.4. The second kappa shape index (κ2) is 8.87. The summed E-state index contributed by atoms with van der Waals surface area (Å²) in [5.74, 6) is -0.0973. The van der Waals surface area contributed by atoms with Crippen LogP contribution in [0.4, 0.5) is 11.4 Å². The van der Waals surface area contributed by atoms with Gasteiger partial charge in [-0.1, -0.05) is 67.4 Å². The zero-order valence-corrected chi connectivity index (χ0v) is 18.3. The van der Waals surface area contributed by atoms with Crippen molar-refractivity contribution in [1.82, 2.24) is 4.98 Å². The van der Waals surface area contributed by atoms with Gasteiger partial charge in [-0.25, -0.2) is 0 Å². The topological polar surface area (TPSA) is 85.1 Å². The number of nitrogens with one attached hydrogen (secondary N) is 1. The maximum atomic E-state index is 12.7. The van der Waals surface area contributed by atoms with Crippen molar-refractivity contribution in [2.24, 2.45) is 11.7 Å². The monoisotopic (exact) mass is 435 g/mol. The molecule has 1 aromatic heterocycles. The van der Waals surface area contributed by atoms with Crippen LogP contribution in [0.15, 0.2) is 79.0 Å². The molecule has 4 aromatic rings. The Morgan fingerprint density at radius 2 is 1.58 bits per heavy atom. The molecule has 5 nitrogen and oxygen atoms in total. The molecule has 1 aliphatic rings. The van der Waals surface area contributed by atoms with Gasteiger partial charge in [0.15, 0.2) is 5.78 Å². The number of aromatic nitrogens is 1. The van der Waals surface area contributed by atoms with Gasteiger partial charge >= 0.3 is 0 Å². The largest absolute Gasteiger partial charge is 0.365 e. The number of amides is 1. The van der Waals surface area contributed by atoms with E-state index in [-0.39, 0.29) is 11.7 Å². The molecular weight excluding hydrogens is 410 g/mol. The molecule has 0 atom stereocenters. The quantitative estimate of drug-likeness (QED) is 0.358. The number of hydrogen-bond acceptors (Lipinski definition) is 4. The molecule has 5 rings (SSSR count). The van der Waals surface area contributed by atoms with Crippen molar-refractivity contribution in [2.45, 2.75) is 25.7 Å². The minimum atomic E-state index is -0.533. The lowest BCUT2D eigenvalue weighted by Gasteiger charge is -2.14. The van der Waals surface area contributed by atoms with Gasteiger partial charge in [0, 0.05) is 28.8 Å². The molecule has 33 heavy (non-hydrogen) atoms. The Labute approximate surface area is 192 Å². The summed E-state index contributed by atoms with van der Waals surface area (Å²) in [6.45, 7) is 0. The number of carbonyl (C=O) groups excluding carboxylic acids is 2. The molecule has 1 aliphatic carbocycles. The highest BCUT2D eigenvalue weighted by molar-refractivity contribution is 6.08. The summed E-state index contributed by atoms with van der Waals surface area (Å²) in [7, 11) is 0. The third-order valence-corrected chi connectivity index (χ3v) is 6.41. The smallest absolute Gasteiger partial charge is 0.252 e. The minimum Gasteiger partial charge on any atom is -0.365 e. The third kappa shape index (κ3) is 4.22. The normalized spacial score (nSPS) is 13.8. The van der Waals surface area contributed by atoms with Gasteiger partial charge in [-0.2, -0.15) is 0 Å². The molecule has 3 aromatic carbocycles. The zero-order chi connectivity index (χ0) is 22.8. The number of nitrogens with two attached hydrogens (primary N) is 1. The van der Waals surface area contributed by atoms with Crippen LogP contribution in [0, 0.1) is 5.92 Å². The molecule has 3 N–H and O–H groups in total. The van der Waals surface area contributed by atoms with Crippen molar-refractivity contribution in [3.05, 3.63) is 90.1 Å². The molecule has 0 saturated heterocycles. The molecule has 1 amide bonds. The maximum absolute atomic E-state index is 12.7. The molecular formula is C28H25N3O2. The van der Waals surface area contributed by atoms with E-state index in [0.29, 0.717) is 11.3 Å². The van der Waals surface area contributed by atoms with Crippen LogP contribution in [0.5, 0.6) is 0 Å². The number of rotatable bonds is 6. The van der Waals surface area contributed by atoms with E-state index in [1.54, 1.807) is 0 Å². The number of anilines is 2. The summed E-state index contributed by atoms with van der Waals surface area (Å²) >= 11 is 0. The van der Waals surface area contributed by atoms with Crippen molar-refractivity contribution in [3.63, 3.8) is 0 Å². The first kappa shape index (κ1) is 20.9. The number of primary amides is 1. The molecule has 0 spiro atoms. The second-order valence-electron chi connectivity index (χ2n) is 8.56. The molecule has 0 radical (unpaired) electrons. The highest BCUT2D eigenvalue weighted by atomic mass is 16.1. The number of carbonyl (C=O) groups is 2. The van der Waals surface area contributed by atoms with Crippen molar-refractivity contribution in [1.29, 1.82) is 0 Å². The van der Waals surface area contributed by atoms with Gasteiger partial charge in [-0.05, 0) is 42.2 Å². The molecule has 164 valence electrons. The van der Waals surface area contributed by atoms with Crippen LogP contribution in [0.2, 0.25) is 0 Å². The lowest BCUT2D eigenvalue weighted by Crippen LogP contribution is -2.14. The highest BCUT2D eigenvalue weighted by Crippen LogP contribution is 2.33. The Morgan fingerprint density at radius 1 is 0.879 bits per heavy atom. The average molecular weight is 436 g/mol. The predicted octanol–water partition coefficient (Wildman–Crippen LogP) is 6.12. The van der Waals surface area contributed by atoms with Crippen LogP contribution >= 0.6 is 0 Å². The molecule has 1 saturated carbocycles. The molecule has 1 fully saturated rings. The number of benzene rings is 3. The molecule has 0 unspecified atom stereocenters. The fraction of sp³-hybridized carbons (Fsp3) is 0.179. The number of hydrogen-bond donors (Lipinski definition) is 2. The lowest BCUT2D eigenvalue weighted by atomic mass is 9.94. The van der Waals surface area contributed by atoms with Crippen LogP contribution in [0.25, 0.3) is 22.0 Å². The Hall–Kier alpha value is -3.99. The first-order valence-electron chi connectivity index (χ1n) is 11.3. The summed E-state index contributed by atoms with van der Waals surface area (Å²) in [6.07, 6.45) is 5.82. The summed E-state index contributed by atoms with van der Waals surface area (Å²) in [4.78, 5) is 29.2. The van der Waals surface area contributed by atoms with Gasteiger partial charge in [0.05, 0.1) is 16.8 Å². The number of nitrogens with zero attached hydrogens (tertiary/aromatic N) is 1. The Morgan fingerprint density at radius 3 is 2.27 bits per heavy atom. The molecule has 0 aliphatic heterocycles. The van der Waals surface area contributed by atoms with Crippen LogP contribution < -0.4 is 11.1 Å². The standard InChI is InChI=1S/C28H25N3O2/c29-28(33)24-17-30-25-16-21(14-15-23(25)26(24)31-22-8-2-1-3-9-22)18-10-12-20(13-11-18)27(32)19-6-4-5-7-19/h1-3,8-17,19H,4-7H2,(H2,29,33)(H,30,31). The first-order valence-corrected chi connectivity index (χ1v) is 11.3. The van der Waals surface area contributed by atoms with Gasteiger partial charge in [-0.15, -0.1) is 0 Å². The van der Waals surface area contributed by atoms with Crippen molar-refractivity contribution in [3.8, 4) is 11.1 Å². The SMILES string of the molecule is NC(=O)c1cnc2cc(-c3ccc(C(=O)C4CCCC4)cc3)ccc2c1Nc1ccccc1. The van der Waals surface area contributed by atoms with Gasteiger partial charge in [0.2, 0.25) is 0 Å². The van der Waals surface area contributed by atoms with E-state index in [9.17, 15) is 9.59 Å². The van der Waals surface area contributed by atoms with Crippen molar-refractivity contribution < 1.29 is 9.59 Å². The van der Waals surface area contributed by atoms with E-state index in [1.165, 1.54) is 6.20 Å². The van der Waals surface area contributed by atoms with Crippen LogP contribution in [-0.2, 0) is 0 Å². The average Bonchev–Trinajstić information content (AvgIpc) is 3.39. The van der Waals surface area contributed by atoms with E-state index >= 15 is 0 Å². The van der Waals surface area contributed by atoms with Gasteiger partial charge < -0.3 is 11.1 Å². The van der Waals surface area contributed by atoms with Crippen LogP contribution in [0.1, 0.15) is 46.4 Å². The fourth-order valence-corrected chi connectivity index (χ4v) is 4.61. The van der Waals surface area contributed by atoms with E-state index in [2.05, 4.69) is 10.3 Å². The number of Topliss-reactive ketones (excluding diaryl/α,β-unsaturated/α-hetero) is 1. The maximum Gasteiger partial charge on any atom is 0.252 e. The first-order chi connectivity index (χ1) is 16.1. The van der Waals surface area contributed by atoms with Gasteiger partial charge in [0.25, 0.3) is 5.91 Å². The summed E-state index contributed by atoms with van der Waals surface area (Å²) < 4.78 is 0. The van der Waals surface area contributed by atoms with E-state index < -0.39 is 5.91 Å². The van der Waals surface area contributed by atoms with Gasteiger partial charge in [0.1, 0.15) is 0 Å². The fourth-order valence-electron chi connectivity index (χ4n) is 4.61. The minimum absolute atomic E-state index is 0.177. The highest BCUT2D eigenvalue weighted by Gasteiger charge is 2.23. The molecule has 0 bridgehead atoms. The van der Waals surface area contributed by atoms with E-state index in [0.717, 1.165) is 59.0 Å². The predicted molar refractivity (Wildman–Crippen MR) is 132 cm³/mol. The van der Waals surface area contributed by atoms with Crippen molar-refractivity contribution in [2.75, 3.05) is 5.32 Å². The van der Waals surface area contributed by atoms with Crippen LogP contribution in [-0.4, -0.2) is 16.7 Å². The van der Waals surface area contributed by atoms with E-state index in [1.807, 2.05) is 72.8 Å². The molecule has 1 heterocycles. The Kier molecular flexibility index (Phi) is 5.61. The number of pyridine rings is 1. The van der Waals surface area contributed by atoms with Gasteiger partial charge in [-0.3, -0.25) is 14.6 Å².